The number of amides is 2. The molecule has 2 saturated carbocycles. The van der Waals surface area contributed by atoms with Crippen molar-refractivity contribution in [3.63, 3.8) is 0 Å². The van der Waals surface area contributed by atoms with E-state index in [4.69, 9.17) is 56.7 Å². The summed E-state index contributed by atoms with van der Waals surface area (Å²) in [7, 11) is 9.87. The number of hydrogen-bond acceptors (Lipinski definition) is 11. The Morgan fingerprint density at radius 2 is 1.10 bits per heavy atom. The third-order valence-electron chi connectivity index (χ3n) is 13.0. The summed E-state index contributed by atoms with van der Waals surface area (Å²) in [6.45, 7) is 0. The van der Waals surface area contributed by atoms with E-state index < -0.39 is 52.9 Å². The number of nitrogen functional groups attached to an aromatic ring is 1. The van der Waals surface area contributed by atoms with Gasteiger partial charge in [0, 0.05) is 47.1 Å². The van der Waals surface area contributed by atoms with Crippen LogP contribution in [0.3, 0.4) is 0 Å². The first-order valence-corrected chi connectivity index (χ1v) is 31.5. The molecule has 0 unspecified atom stereocenters. The van der Waals surface area contributed by atoms with Crippen LogP contribution in [0, 0.1) is 21.7 Å². The van der Waals surface area contributed by atoms with Crippen LogP contribution in [-0.4, -0.2) is 79.7 Å². The minimum absolute atomic E-state index is 0.0000728. The molecule has 4 aromatic carbocycles. The number of hydrogen-bond donors (Lipinski definition) is 5. The maximum absolute atomic E-state index is 14.3. The van der Waals surface area contributed by atoms with E-state index in [1.165, 1.54) is 23.3 Å². The summed E-state index contributed by atoms with van der Waals surface area (Å²) in [6, 6.07) is 23.3. The quantitative estimate of drug-likeness (QED) is 0.0357. The van der Waals surface area contributed by atoms with Crippen molar-refractivity contribution >= 4 is 106 Å². The normalized spacial score (nSPS) is 18.5. The van der Waals surface area contributed by atoms with Gasteiger partial charge in [0.25, 0.3) is 17.5 Å². The van der Waals surface area contributed by atoms with Gasteiger partial charge in [0.05, 0.1) is 55.9 Å². The van der Waals surface area contributed by atoms with Crippen LogP contribution in [0.25, 0.3) is 11.1 Å². The summed E-state index contributed by atoms with van der Waals surface area (Å²) < 4.78 is 28.4. The molecule has 4 aliphatic carbocycles. The summed E-state index contributed by atoms with van der Waals surface area (Å²) in [6.07, 6.45) is 15.6. The number of anilines is 3. The van der Waals surface area contributed by atoms with Gasteiger partial charge in [0.2, 0.25) is 11.9 Å². The number of nitro benzene ring substituents is 1. The van der Waals surface area contributed by atoms with Crippen molar-refractivity contribution in [2.75, 3.05) is 16.4 Å². The predicted molar refractivity (Wildman–Crippen MR) is 284 cm³/mol. The minimum atomic E-state index is -0.919. The average Bonchev–Trinajstić information content (AvgIpc) is 4.01. The summed E-state index contributed by atoms with van der Waals surface area (Å²) in [5.74, 6) is -1.60. The number of benzene rings is 4. The Morgan fingerprint density at radius 1 is 0.658 bits per heavy atom. The number of halogens is 6. The molecule has 4 atom stereocenters. The van der Waals surface area contributed by atoms with Gasteiger partial charge in [0.1, 0.15) is 11.6 Å². The van der Waals surface area contributed by atoms with Crippen molar-refractivity contribution in [2.45, 2.75) is 88.4 Å². The fourth-order valence-electron chi connectivity index (χ4n) is 9.58. The van der Waals surface area contributed by atoms with Crippen LogP contribution < -0.4 is 27.0 Å². The number of aromatic nitrogens is 4. The van der Waals surface area contributed by atoms with E-state index in [9.17, 15) is 28.5 Å². The molecule has 2 radical (unpaired) electrons. The zero-order chi connectivity index (χ0) is 51.6. The fourth-order valence-corrected chi connectivity index (χ4v) is 9.96. The number of nitrogens with one attached hydrogen (secondary N) is 4. The number of nitro groups is 1. The third kappa shape index (κ3) is 13.4. The van der Waals surface area contributed by atoms with Gasteiger partial charge in [-0.25, -0.2) is 28.7 Å². The molecule has 73 heavy (non-hydrogen) atoms. The molecule has 4 aliphatic rings. The molecule has 10 rings (SSSR count). The van der Waals surface area contributed by atoms with Crippen LogP contribution in [0.5, 0.6) is 0 Å². The second kappa shape index (κ2) is 24.9. The second-order valence-corrected chi connectivity index (χ2v) is 22.9. The van der Waals surface area contributed by atoms with Crippen LogP contribution in [0.2, 0.25) is 10.0 Å². The molecule has 14 nitrogen and oxygen atoms in total. The molecule has 0 bridgehead atoms. The van der Waals surface area contributed by atoms with Crippen LogP contribution >= 0.6 is 41.0 Å². The number of carbonyl (C=O) groups excluding carboxylic acids is 2. The van der Waals surface area contributed by atoms with Gasteiger partial charge >= 0.3 is 36.7 Å². The van der Waals surface area contributed by atoms with E-state index in [1.807, 2.05) is 24.3 Å². The molecular formula is C52H48Cl4F2N10O4Sn. The van der Waals surface area contributed by atoms with Gasteiger partial charge < -0.3 is 27.0 Å². The Morgan fingerprint density at radius 3 is 1.55 bits per heavy atom. The Hall–Kier alpha value is -5.92. The molecule has 2 fully saturated rings. The Labute approximate surface area is 447 Å². The van der Waals surface area contributed by atoms with Crippen molar-refractivity contribution in [2.24, 2.45) is 0 Å². The number of rotatable bonds is 11. The van der Waals surface area contributed by atoms with Crippen molar-refractivity contribution in [1.29, 1.82) is 0 Å². The van der Waals surface area contributed by atoms with Crippen LogP contribution in [0.4, 0.5) is 32.1 Å². The SMILES string of the molecule is Nc1ccc(C(=O)N[C@H]2CCC[C@@H](Nc3ncc(Cl)c(C4=CCc5ccccc54)n3)C2)c(F)c1.O=C(N[C@H]1CCC[C@@H](Nc2ncc(Cl)c(C3=CCc4ccccc43)n2)C1)c1ccc([N+](=O)[O-])cc1F.[Cl][Sn][Cl]. The van der Waals surface area contributed by atoms with Gasteiger partial charge in [-0.15, -0.1) is 0 Å². The molecule has 0 saturated heterocycles. The first-order chi connectivity index (χ1) is 35.3. The van der Waals surface area contributed by atoms with Gasteiger partial charge in [-0.1, -0.05) is 83.9 Å². The van der Waals surface area contributed by atoms with Crippen LogP contribution in [-0.2, 0) is 12.8 Å². The Kier molecular flexibility index (Phi) is 18.2. The molecule has 0 spiro atoms. The van der Waals surface area contributed by atoms with Crippen LogP contribution in [0.15, 0.2) is 109 Å². The fraction of sp³-hybridized carbons (Fsp3) is 0.269. The van der Waals surface area contributed by atoms with Crippen molar-refractivity contribution in [1.82, 2.24) is 30.6 Å². The molecule has 0 aliphatic heterocycles. The molecular weight excluding hydrogens is 1130 g/mol. The Bertz CT molecular complexity index is 3100. The molecule has 2 amide bonds. The van der Waals surface area contributed by atoms with Gasteiger partial charge in [-0.2, -0.15) is 0 Å². The summed E-state index contributed by atoms with van der Waals surface area (Å²) in [5.41, 5.74) is 13.4. The molecule has 6 N–H and O–H groups in total. The van der Waals surface area contributed by atoms with Crippen molar-refractivity contribution in [3.8, 4) is 0 Å². The van der Waals surface area contributed by atoms with E-state index in [2.05, 4.69) is 67.7 Å². The summed E-state index contributed by atoms with van der Waals surface area (Å²) in [5, 5.41) is 24.4. The zero-order valence-corrected chi connectivity index (χ0v) is 44.9. The van der Waals surface area contributed by atoms with E-state index >= 15 is 0 Å². The molecule has 376 valence electrons. The zero-order valence-electron chi connectivity index (χ0n) is 39.0. The third-order valence-corrected chi connectivity index (χ3v) is 13.6. The van der Waals surface area contributed by atoms with E-state index in [1.54, 1.807) is 12.4 Å². The van der Waals surface area contributed by atoms with Gasteiger partial charge in [-0.05, 0) is 111 Å². The number of nitrogens with two attached hydrogens (primary N) is 1. The maximum atomic E-state index is 14.3. The standard InChI is InChI=1S/C26H23ClFN5O3.C26H25ClFN5O.2ClH.Sn/c27-22-14-29-26(32-24(22)20-10-8-15-4-1-2-7-19(15)20)31-17-6-3-5-16(12-17)30-25(34)21-11-9-18(33(35)36)13-23(21)28;27-22-14-30-26(33-24(22)20-10-8-15-4-1-2-7-19(15)20)32-18-6-3-5-17(13-18)31-25(34)21-11-9-16(29)12-23(21)28;;;/h1-2,4,7,9-11,13-14,16-17H,3,5-6,8,12H2,(H,30,34)(H,29,31,32);1-2,4,7,9-12,14,17-18H,3,5-6,8,13,29H2,(H,31,34)(H,30,32,33);2*1H;/q;;;;+2/p-2/t16-,17+;17-,18+;;;/m00.../s1. The van der Waals surface area contributed by atoms with E-state index in [0.717, 1.165) is 97.9 Å². The predicted octanol–water partition coefficient (Wildman–Crippen LogP) is 11.3. The average molecular weight is 1180 g/mol. The van der Waals surface area contributed by atoms with Crippen molar-refractivity contribution in [3.05, 3.63) is 186 Å². The van der Waals surface area contributed by atoms with Crippen molar-refractivity contribution < 1.29 is 23.3 Å². The molecule has 6 aromatic rings. The van der Waals surface area contributed by atoms with Gasteiger partial charge in [-0.3, -0.25) is 19.7 Å². The van der Waals surface area contributed by atoms with E-state index in [-0.39, 0.29) is 41.0 Å². The molecule has 2 aromatic heterocycles. The molecule has 2 heterocycles. The monoisotopic (exact) mass is 1170 g/mol. The molecule has 21 heteroatoms. The van der Waals surface area contributed by atoms with E-state index in [0.29, 0.717) is 46.2 Å². The first-order valence-electron chi connectivity index (χ1n) is 23.5. The van der Waals surface area contributed by atoms with Gasteiger partial charge in [0.15, 0.2) is 0 Å². The number of nitrogens with zero attached hydrogens (tertiary/aromatic N) is 5. The van der Waals surface area contributed by atoms with Crippen LogP contribution in [0.1, 0.15) is 106 Å². The number of non-ortho nitro benzene ring substituents is 1. The second-order valence-electron chi connectivity index (χ2n) is 17.8. The first kappa shape index (κ1) is 53.4. The summed E-state index contributed by atoms with van der Waals surface area (Å²) in [4.78, 5) is 53.5. The number of allylic oxidation sites excluding steroid dienone is 2. The number of carbonyl (C=O) groups is 2. The number of fused-ring (bicyclic) bond motifs is 2. The Balaban J connectivity index is 0.000000185. The summed E-state index contributed by atoms with van der Waals surface area (Å²) >= 11 is 12.1. The topological polar surface area (TPSA) is 203 Å².